The fourth-order valence-electron chi connectivity index (χ4n) is 9.32. The molecule has 0 saturated heterocycles. The van der Waals surface area contributed by atoms with Gasteiger partial charge in [-0.3, -0.25) is 0 Å². The third-order valence-corrected chi connectivity index (χ3v) is 11.9. The van der Waals surface area contributed by atoms with Crippen LogP contribution in [0.5, 0.6) is 0 Å². The molecule has 278 valence electrons. The van der Waals surface area contributed by atoms with Gasteiger partial charge in [0, 0.05) is 61.7 Å². The van der Waals surface area contributed by atoms with Gasteiger partial charge in [-0.15, -0.1) is 0 Å². The molecule has 9 aromatic rings. The molecule has 0 spiro atoms. The number of allylic oxidation sites excluding steroid dienone is 4. The third kappa shape index (κ3) is 5.76. The van der Waals surface area contributed by atoms with Gasteiger partial charge in [0.05, 0.1) is 22.6 Å². The zero-order valence-corrected chi connectivity index (χ0v) is 32.2. The summed E-state index contributed by atoms with van der Waals surface area (Å²) in [5.41, 5.74) is 14.6. The van der Waals surface area contributed by atoms with E-state index in [9.17, 15) is 0 Å². The van der Waals surface area contributed by atoms with Gasteiger partial charge in [0.1, 0.15) is 0 Å². The van der Waals surface area contributed by atoms with Crippen molar-refractivity contribution >= 4 is 72.9 Å². The van der Waals surface area contributed by atoms with E-state index in [2.05, 4.69) is 231 Å². The summed E-state index contributed by atoms with van der Waals surface area (Å²) < 4.78 is 4.87. The number of benzene rings is 7. The highest BCUT2D eigenvalue weighted by molar-refractivity contribution is 6.11. The second-order valence-electron chi connectivity index (χ2n) is 15.3. The normalized spacial score (nSPS) is 14.8. The highest BCUT2D eigenvalue weighted by Gasteiger charge is 2.28. The molecule has 1 unspecified atom stereocenters. The minimum absolute atomic E-state index is 0.121. The highest BCUT2D eigenvalue weighted by Crippen LogP contribution is 2.42. The molecule has 2 aliphatic rings. The molecule has 0 amide bonds. The highest BCUT2D eigenvalue weighted by atomic mass is 15.2. The first kappa shape index (κ1) is 34.0. The monoisotopic (exact) mass is 746 g/mol. The number of nitrogens with zero attached hydrogens (tertiary/aromatic N) is 4. The van der Waals surface area contributed by atoms with Crippen molar-refractivity contribution in [3.8, 4) is 5.69 Å². The smallest absolute Gasteiger partial charge is 0.0567 e. The number of hydrogen-bond acceptors (Lipinski definition) is 2. The van der Waals surface area contributed by atoms with Crippen LogP contribution in [0.1, 0.15) is 24.1 Å². The maximum Gasteiger partial charge on any atom is 0.0567 e. The van der Waals surface area contributed by atoms with Gasteiger partial charge in [0.25, 0.3) is 0 Å². The largest absolute Gasteiger partial charge is 0.334 e. The first-order chi connectivity index (χ1) is 28.8. The molecule has 0 bridgehead atoms. The van der Waals surface area contributed by atoms with E-state index in [4.69, 9.17) is 0 Å². The van der Waals surface area contributed by atoms with E-state index in [0.717, 1.165) is 42.0 Å². The predicted molar refractivity (Wildman–Crippen MR) is 245 cm³/mol. The molecule has 0 aliphatic heterocycles. The van der Waals surface area contributed by atoms with E-state index >= 15 is 0 Å². The Morgan fingerprint density at radius 3 is 1.78 bits per heavy atom. The maximum atomic E-state index is 2.50. The zero-order chi connectivity index (χ0) is 38.4. The number of rotatable bonds is 8. The van der Waals surface area contributed by atoms with Gasteiger partial charge in [0.15, 0.2) is 0 Å². The fraction of sp³-hybridized carbons (Fsp3) is 0.0741. The lowest BCUT2D eigenvalue weighted by Crippen LogP contribution is -2.33. The van der Waals surface area contributed by atoms with Crippen molar-refractivity contribution < 1.29 is 0 Å². The van der Waals surface area contributed by atoms with Crippen LogP contribution in [0.15, 0.2) is 206 Å². The summed E-state index contributed by atoms with van der Waals surface area (Å²) >= 11 is 0. The summed E-state index contributed by atoms with van der Waals surface area (Å²) in [5.74, 6) is 0. The molecule has 0 saturated carbocycles. The van der Waals surface area contributed by atoms with Crippen LogP contribution in [0.25, 0.3) is 50.2 Å². The van der Waals surface area contributed by atoms with Crippen LogP contribution in [0.3, 0.4) is 0 Å². The van der Waals surface area contributed by atoms with Crippen molar-refractivity contribution in [2.75, 3.05) is 9.80 Å². The van der Waals surface area contributed by atoms with Crippen LogP contribution < -0.4 is 9.80 Å². The van der Waals surface area contributed by atoms with Crippen LogP contribution in [-0.4, -0.2) is 15.2 Å². The Morgan fingerprint density at radius 2 is 1.05 bits per heavy atom. The Kier molecular flexibility index (Phi) is 8.40. The fourth-order valence-corrected chi connectivity index (χ4v) is 9.32. The van der Waals surface area contributed by atoms with E-state index in [1.165, 1.54) is 61.0 Å². The molecular formula is C54H42N4. The van der Waals surface area contributed by atoms with Gasteiger partial charge >= 0.3 is 0 Å². The zero-order valence-electron chi connectivity index (χ0n) is 32.2. The summed E-state index contributed by atoms with van der Waals surface area (Å²) in [6, 6.07) is 66.2. The van der Waals surface area contributed by atoms with Crippen LogP contribution in [0.4, 0.5) is 28.4 Å². The summed E-state index contributed by atoms with van der Waals surface area (Å²) in [5, 5.41) is 3.84. The van der Waals surface area contributed by atoms with Crippen LogP contribution in [0.2, 0.25) is 0 Å². The Labute approximate surface area is 339 Å². The summed E-state index contributed by atoms with van der Waals surface area (Å²) in [6.07, 6.45) is 14.4. The molecule has 2 aliphatic carbocycles. The Balaban J connectivity index is 1.00. The van der Waals surface area contributed by atoms with Crippen molar-refractivity contribution in [2.24, 2.45) is 0 Å². The van der Waals surface area contributed by atoms with Crippen molar-refractivity contribution in [2.45, 2.75) is 25.3 Å². The third-order valence-electron chi connectivity index (χ3n) is 11.9. The Hall–Kier alpha value is -7.30. The maximum absolute atomic E-state index is 2.50. The van der Waals surface area contributed by atoms with Gasteiger partial charge in [0.2, 0.25) is 0 Å². The van der Waals surface area contributed by atoms with Crippen molar-refractivity contribution in [3.63, 3.8) is 0 Å². The SMILES string of the molecule is C1=CCCC(n2c3ccccc3c3cc(N(c4ccccc4)c4ccc(N(c5ccccc5)C5C=Cc6c(c7ccccc7n6-c6ccccc6)C5)cc4)ccc32)=C1. The van der Waals surface area contributed by atoms with Crippen LogP contribution in [0, 0.1) is 0 Å². The average molecular weight is 747 g/mol. The molecule has 1 atom stereocenters. The summed E-state index contributed by atoms with van der Waals surface area (Å²) in [7, 11) is 0. The molecule has 2 aromatic heterocycles. The minimum atomic E-state index is 0.121. The minimum Gasteiger partial charge on any atom is -0.334 e. The van der Waals surface area contributed by atoms with E-state index in [1.54, 1.807) is 0 Å². The van der Waals surface area contributed by atoms with E-state index < -0.39 is 0 Å². The Morgan fingerprint density at radius 1 is 0.483 bits per heavy atom. The molecule has 4 nitrogen and oxygen atoms in total. The predicted octanol–water partition coefficient (Wildman–Crippen LogP) is 14.2. The molecule has 7 aromatic carbocycles. The van der Waals surface area contributed by atoms with Gasteiger partial charge in [-0.25, -0.2) is 0 Å². The van der Waals surface area contributed by atoms with Crippen LogP contribution >= 0.6 is 0 Å². The molecule has 2 heterocycles. The van der Waals surface area contributed by atoms with Gasteiger partial charge in [-0.05, 0) is 128 Å². The molecule has 58 heavy (non-hydrogen) atoms. The lowest BCUT2D eigenvalue weighted by Gasteiger charge is -2.34. The number of fused-ring (bicyclic) bond motifs is 6. The van der Waals surface area contributed by atoms with E-state index in [-0.39, 0.29) is 6.04 Å². The number of anilines is 5. The number of aromatic nitrogens is 2. The molecule has 0 N–H and O–H groups in total. The van der Waals surface area contributed by atoms with E-state index in [0.29, 0.717) is 0 Å². The lowest BCUT2D eigenvalue weighted by molar-refractivity contribution is 0.766. The lowest BCUT2D eigenvalue weighted by atomic mass is 9.95. The second-order valence-corrected chi connectivity index (χ2v) is 15.3. The van der Waals surface area contributed by atoms with Crippen molar-refractivity contribution in [1.82, 2.24) is 9.13 Å². The number of para-hydroxylation sites is 5. The molecule has 0 radical (unpaired) electrons. The van der Waals surface area contributed by atoms with Crippen molar-refractivity contribution in [1.29, 1.82) is 0 Å². The average Bonchev–Trinajstić information content (AvgIpc) is 3.81. The molecule has 0 fully saturated rings. The second kappa shape index (κ2) is 14.3. The van der Waals surface area contributed by atoms with Crippen molar-refractivity contribution in [3.05, 3.63) is 218 Å². The Bertz CT molecular complexity index is 3020. The van der Waals surface area contributed by atoms with Gasteiger partial charge in [-0.1, -0.05) is 109 Å². The standard InChI is InChI=1S/C54H42N4/c1-5-17-39(18-6-1)55(45-33-35-53-49(37-45)47-25-13-15-27-51(47)57(53)41-21-9-3-10-22-41)43-29-31-44(32-30-43)56(40-19-7-2-8-20-40)46-34-36-54-50(38-46)48-26-14-16-28-52(48)58(54)42-23-11-4-12-24-42/h1-11,13-23,25-36,38,45H,12,24,37H2. The van der Waals surface area contributed by atoms with Gasteiger partial charge in [-0.2, -0.15) is 0 Å². The first-order valence-electron chi connectivity index (χ1n) is 20.3. The summed E-state index contributed by atoms with van der Waals surface area (Å²) in [6.45, 7) is 0. The quantitative estimate of drug-likeness (QED) is 0.154. The molecule has 11 rings (SSSR count). The number of hydrogen-bond donors (Lipinski definition) is 0. The summed E-state index contributed by atoms with van der Waals surface area (Å²) in [4.78, 5) is 4.89. The van der Waals surface area contributed by atoms with Gasteiger partial charge < -0.3 is 18.9 Å². The molecule has 4 heteroatoms. The first-order valence-corrected chi connectivity index (χ1v) is 20.3. The van der Waals surface area contributed by atoms with Crippen LogP contribution in [-0.2, 0) is 6.42 Å². The van der Waals surface area contributed by atoms with E-state index in [1.807, 2.05) is 0 Å². The topological polar surface area (TPSA) is 16.3 Å². The molecular weight excluding hydrogens is 705 g/mol.